The van der Waals surface area contributed by atoms with E-state index in [1.807, 2.05) is 28.1 Å². The summed E-state index contributed by atoms with van der Waals surface area (Å²) in [5, 5.41) is 27.0. The van der Waals surface area contributed by atoms with Crippen LogP contribution in [0.2, 0.25) is 18.1 Å². The molecule has 1 fully saturated rings. The van der Waals surface area contributed by atoms with Gasteiger partial charge in [-0.25, -0.2) is 4.79 Å². The zero-order valence-electron chi connectivity index (χ0n) is 32.6. The third kappa shape index (κ3) is 9.67. The fraction of sp³-hybridized carbons (Fsp3) is 0.488. The number of aromatic hydroxyl groups is 1. The minimum absolute atomic E-state index is 0.0219. The number of pyridine rings is 1. The Hall–Kier alpha value is -3.63. The molecule has 1 aliphatic carbocycles. The van der Waals surface area contributed by atoms with Crippen molar-refractivity contribution < 1.29 is 24.2 Å². The molecule has 1 aliphatic rings. The smallest absolute Gasteiger partial charge is 0.340 e. The number of benzene rings is 2. The molecule has 0 spiro atoms. The molecule has 3 aromatic heterocycles. The minimum atomic E-state index is -2.22. The Balaban J connectivity index is 1.03. The zero-order chi connectivity index (χ0) is 39.5. The Kier molecular flexibility index (Phi) is 12.9. The molecule has 14 heteroatoms. The van der Waals surface area contributed by atoms with Crippen LogP contribution in [-0.2, 0) is 27.0 Å². The molecule has 4 N–H and O–H groups in total. The fourth-order valence-corrected chi connectivity index (χ4v) is 10.1. The first-order chi connectivity index (χ1) is 26.1. The van der Waals surface area contributed by atoms with Crippen LogP contribution in [0.4, 0.5) is 0 Å². The number of aryl methyl sites for hydroxylation is 1. The molecule has 11 nitrogen and oxygen atoms in total. The van der Waals surface area contributed by atoms with E-state index in [2.05, 4.69) is 68.2 Å². The highest BCUT2D eigenvalue weighted by Gasteiger charge is 2.40. The van der Waals surface area contributed by atoms with Gasteiger partial charge in [-0.15, -0.1) is 11.3 Å². The number of esters is 1. The lowest BCUT2D eigenvalue weighted by Crippen LogP contribution is -2.43. The summed E-state index contributed by atoms with van der Waals surface area (Å²) in [5.41, 5.74) is 3.03. The second kappa shape index (κ2) is 17.2. The molecule has 6 rings (SSSR count). The number of phenolic OH excluding ortho intramolecular Hbond substituents is 1. The first kappa shape index (κ1) is 41.0. The number of ether oxygens (including phenoxy) is 1. The molecule has 0 aliphatic heterocycles. The van der Waals surface area contributed by atoms with Gasteiger partial charge in [0.15, 0.2) is 14.4 Å². The van der Waals surface area contributed by atoms with Gasteiger partial charge in [-0.3, -0.25) is 14.2 Å². The number of aliphatic hydroxyl groups excluding tert-OH is 1. The summed E-state index contributed by atoms with van der Waals surface area (Å²) in [5.74, 6) is -0.551. The average Bonchev–Trinajstić information content (AvgIpc) is 3.79. The van der Waals surface area contributed by atoms with E-state index < -0.39 is 20.4 Å². The van der Waals surface area contributed by atoms with E-state index in [9.17, 15) is 24.6 Å². The van der Waals surface area contributed by atoms with E-state index in [1.54, 1.807) is 18.2 Å². The maximum absolute atomic E-state index is 13.1. The summed E-state index contributed by atoms with van der Waals surface area (Å²) < 4.78 is 15.4. The normalized spacial score (nSPS) is 17.9. The molecule has 0 bridgehead atoms. The van der Waals surface area contributed by atoms with Gasteiger partial charge < -0.3 is 34.6 Å². The summed E-state index contributed by atoms with van der Waals surface area (Å²) in [6.07, 6.45) is 2.48. The van der Waals surface area contributed by atoms with Crippen molar-refractivity contribution in [2.45, 2.75) is 108 Å². The molecular formula is C41H54N4O7S2Si. The van der Waals surface area contributed by atoms with Crippen LogP contribution in [-0.4, -0.2) is 71.2 Å². The number of aromatic amines is 1. The number of hydrogen-bond donors (Lipinski definition) is 4. The Morgan fingerprint density at radius 2 is 1.85 bits per heavy atom. The lowest BCUT2D eigenvalue weighted by molar-refractivity contribution is -0.161. The molecule has 0 amide bonds. The lowest BCUT2D eigenvalue weighted by Gasteiger charge is -2.39. The summed E-state index contributed by atoms with van der Waals surface area (Å²) in [4.78, 5) is 43.4. The number of fused-ring (bicyclic) bond motifs is 2. The number of aromatic nitrogens is 2. The van der Waals surface area contributed by atoms with E-state index in [0.29, 0.717) is 36.1 Å². The second-order valence-corrected chi connectivity index (χ2v) is 23.0. The van der Waals surface area contributed by atoms with Crippen LogP contribution in [0.25, 0.3) is 21.1 Å². The summed E-state index contributed by atoms with van der Waals surface area (Å²) >= 11 is 2.62. The number of nitrogens with zero attached hydrogens (tertiary/aromatic N) is 2. The quantitative estimate of drug-likeness (QED) is 0.0627. The lowest BCUT2D eigenvalue weighted by atomic mass is 9.92. The van der Waals surface area contributed by atoms with Crippen molar-refractivity contribution in [3.63, 3.8) is 0 Å². The number of carbonyl (C=O) groups is 1. The Morgan fingerprint density at radius 3 is 2.56 bits per heavy atom. The molecule has 2 atom stereocenters. The van der Waals surface area contributed by atoms with Gasteiger partial charge in [0, 0.05) is 42.0 Å². The number of rotatable bonds is 15. The van der Waals surface area contributed by atoms with E-state index >= 15 is 0 Å². The standard InChI is InChI=1S/C41H54N4O7S2Si/c1-41(2,3)55(5,6)52-33(29-15-18-32(46)37-30(29)16-19-36(47)43-37)25-42-24-26-10-17-31-35(23-26)54-40(50)45(31)21-8-20-44(4)27-11-13-28(14-12-27)51-39(49)38(48)34-9-7-22-53-34/h7,9-10,15-19,22-23,27-28,33,38,42,46,48H,8,11-14,20-21,24-25H2,1-6H3,(H,43,47)/t27-,28-,33-,38?/m0/s1. The van der Waals surface area contributed by atoms with Crippen molar-refractivity contribution in [2.75, 3.05) is 20.1 Å². The number of H-pyrrole nitrogens is 1. The molecule has 1 unspecified atom stereocenters. The maximum Gasteiger partial charge on any atom is 0.340 e. The topological polar surface area (TPSA) is 146 Å². The van der Waals surface area contributed by atoms with Crippen molar-refractivity contribution in [2.24, 2.45) is 0 Å². The highest BCUT2D eigenvalue weighted by atomic mass is 32.1. The number of carbonyl (C=O) groups excluding carboxylic acids is 1. The van der Waals surface area contributed by atoms with Crippen LogP contribution in [0.5, 0.6) is 5.75 Å². The van der Waals surface area contributed by atoms with Crippen molar-refractivity contribution >= 4 is 58.1 Å². The first-order valence-corrected chi connectivity index (χ1v) is 23.7. The number of aliphatic hydroxyl groups is 1. The molecule has 3 heterocycles. The number of thiophene rings is 1. The molecule has 5 aromatic rings. The molecule has 0 saturated heterocycles. The molecule has 296 valence electrons. The van der Waals surface area contributed by atoms with Gasteiger partial charge in [0.25, 0.3) is 0 Å². The van der Waals surface area contributed by atoms with Crippen LogP contribution in [0.15, 0.2) is 69.6 Å². The third-order valence-corrected chi connectivity index (χ3v) is 17.7. The van der Waals surface area contributed by atoms with Gasteiger partial charge in [0.2, 0.25) is 5.56 Å². The van der Waals surface area contributed by atoms with Crippen LogP contribution in [0, 0.1) is 0 Å². The van der Waals surface area contributed by atoms with Gasteiger partial charge in [0.1, 0.15) is 11.9 Å². The molecule has 2 aromatic carbocycles. The highest BCUT2D eigenvalue weighted by molar-refractivity contribution is 7.16. The van der Waals surface area contributed by atoms with Crippen molar-refractivity contribution in [1.29, 1.82) is 0 Å². The van der Waals surface area contributed by atoms with Gasteiger partial charge in [-0.2, -0.15) is 0 Å². The van der Waals surface area contributed by atoms with Crippen LogP contribution >= 0.6 is 22.7 Å². The first-order valence-electron chi connectivity index (χ1n) is 19.1. The number of thiazole rings is 1. The number of nitrogens with one attached hydrogen (secondary N) is 2. The third-order valence-electron chi connectivity index (χ3n) is 11.4. The van der Waals surface area contributed by atoms with Crippen molar-refractivity contribution in [3.8, 4) is 5.75 Å². The Labute approximate surface area is 331 Å². The van der Waals surface area contributed by atoms with Gasteiger partial charge >= 0.3 is 10.8 Å². The van der Waals surface area contributed by atoms with Gasteiger partial charge in [-0.1, -0.05) is 50.3 Å². The van der Waals surface area contributed by atoms with Gasteiger partial charge in [0.05, 0.1) is 21.8 Å². The average molecular weight is 807 g/mol. The predicted molar refractivity (Wildman–Crippen MR) is 224 cm³/mol. The maximum atomic E-state index is 13.1. The summed E-state index contributed by atoms with van der Waals surface area (Å²) in [7, 11) is -0.0938. The van der Waals surface area contributed by atoms with Crippen LogP contribution in [0.1, 0.15) is 81.1 Å². The molecular weight excluding hydrogens is 753 g/mol. The monoisotopic (exact) mass is 806 g/mol. The van der Waals surface area contributed by atoms with Gasteiger partial charge in [-0.05, 0) is 111 Å². The SMILES string of the molecule is CN(CCCn1c(=O)sc2cc(CNC[C@H](O[Si](C)(C)C(C)(C)C)c3ccc(O)c4[nH]c(=O)ccc34)ccc21)[C@H]1CC[C@H](OC(=O)C(O)c2cccs2)CC1. The predicted octanol–water partition coefficient (Wildman–Crippen LogP) is 7.43. The number of phenols is 1. The van der Waals surface area contributed by atoms with E-state index in [4.69, 9.17) is 9.16 Å². The largest absolute Gasteiger partial charge is 0.506 e. The zero-order valence-corrected chi connectivity index (χ0v) is 35.2. The number of hydrogen-bond acceptors (Lipinski definition) is 11. The van der Waals surface area contributed by atoms with E-state index in [0.717, 1.165) is 65.4 Å². The highest BCUT2D eigenvalue weighted by Crippen LogP contribution is 2.41. The van der Waals surface area contributed by atoms with Crippen LogP contribution < -0.4 is 15.7 Å². The molecule has 1 saturated carbocycles. The summed E-state index contributed by atoms with van der Waals surface area (Å²) in [6.45, 7) is 13.6. The second-order valence-electron chi connectivity index (χ2n) is 16.2. The van der Waals surface area contributed by atoms with Crippen LogP contribution in [0.3, 0.4) is 0 Å². The Bertz CT molecular complexity index is 2200. The summed E-state index contributed by atoms with van der Waals surface area (Å²) in [6, 6.07) is 16.8. The molecule has 55 heavy (non-hydrogen) atoms. The fourth-order valence-electron chi connectivity index (χ4n) is 7.12. The van der Waals surface area contributed by atoms with E-state index in [1.165, 1.54) is 28.7 Å². The van der Waals surface area contributed by atoms with Crippen molar-refractivity contribution in [1.82, 2.24) is 19.8 Å². The van der Waals surface area contributed by atoms with E-state index in [-0.39, 0.29) is 33.4 Å². The molecule has 0 radical (unpaired) electrons. The Morgan fingerprint density at radius 1 is 1.09 bits per heavy atom. The van der Waals surface area contributed by atoms with Crippen molar-refractivity contribution in [3.05, 3.63) is 96.0 Å². The minimum Gasteiger partial charge on any atom is -0.506 e.